The molecule has 208 valence electrons. The molecule has 5 rings (SSSR count). The summed E-state index contributed by atoms with van der Waals surface area (Å²) in [6.07, 6.45) is 0. The van der Waals surface area contributed by atoms with E-state index in [0.29, 0.717) is 21.1 Å². The molecule has 0 saturated carbocycles. The summed E-state index contributed by atoms with van der Waals surface area (Å²) in [4.78, 5) is 31.6. The van der Waals surface area contributed by atoms with Gasteiger partial charge in [0.05, 0.1) is 10.2 Å². The summed E-state index contributed by atoms with van der Waals surface area (Å²) in [5.74, 6) is -4.08. The number of nitrogens with zero attached hydrogens (tertiary/aromatic N) is 2. The minimum absolute atomic E-state index is 0.0897. The molecular formula is C31H29ClF2N2O3S. The molecule has 0 unspecified atom stereocenters. The third-order valence-electron chi connectivity index (χ3n) is 6.90. The van der Waals surface area contributed by atoms with Crippen LogP contribution in [0.2, 0.25) is 5.02 Å². The first-order chi connectivity index (χ1) is 18.6. The number of fused-ring (bicyclic) bond motifs is 1. The van der Waals surface area contributed by atoms with E-state index < -0.39 is 35.1 Å². The van der Waals surface area contributed by atoms with Crippen LogP contribution in [0, 0.1) is 11.6 Å². The first kappa shape index (κ1) is 28.2. The molecule has 0 spiro atoms. The maximum Gasteiger partial charge on any atom is 0.267 e. The van der Waals surface area contributed by atoms with Crippen LogP contribution in [0.15, 0.2) is 48.5 Å². The Kier molecular flexibility index (Phi) is 6.99. The summed E-state index contributed by atoms with van der Waals surface area (Å²) >= 11 is 7.37. The second-order valence-corrected chi connectivity index (χ2v) is 13.6. The fraction of sp³-hybridized carbons (Fsp3) is 0.323. The molecule has 1 atom stereocenters. The van der Waals surface area contributed by atoms with Crippen LogP contribution in [0.25, 0.3) is 10.2 Å². The van der Waals surface area contributed by atoms with Gasteiger partial charge in [-0.1, -0.05) is 71.3 Å². The Morgan fingerprint density at radius 2 is 1.65 bits per heavy atom. The van der Waals surface area contributed by atoms with E-state index >= 15 is 4.39 Å². The summed E-state index contributed by atoms with van der Waals surface area (Å²) < 4.78 is 36.8. The van der Waals surface area contributed by atoms with Gasteiger partial charge in [0.1, 0.15) is 29.0 Å². The first-order valence-electron chi connectivity index (χ1n) is 12.8. The zero-order valence-electron chi connectivity index (χ0n) is 23.1. The van der Waals surface area contributed by atoms with E-state index in [1.807, 2.05) is 18.2 Å². The van der Waals surface area contributed by atoms with E-state index in [0.717, 1.165) is 32.9 Å². The minimum Gasteiger partial charge on any atom is -0.483 e. The number of aromatic nitrogens is 1. The number of carbonyl (C=O) groups is 2. The second-order valence-electron chi connectivity index (χ2n) is 12.0. The monoisotopic (exact) mass is 582 g/mol. The molecule has 1 aliphatic heterocycles. The molecule has 1 aromatic heterocycles. The topological polar surface area (TPSA) is 59.3 Å². The zero-order chi connectivity index (χ0) is 29.1. The fourth-order valence-electron chi connectivity index (χ4n) is 4.47. The van der Waals surface area contributed by atoms with Gasteiger partial charge in [-0.3, -0.25) is 14.5 Å². The molecule has 2 heterocycles. The summed E-state index contributed by atoms with van der Waals surface area (Å²) in [5.41, 5.74) is 2.08. The van der Waals surface area contributed by atoms with E-state index in [1.165, 1.54) is 11.3 Å². The Bertz CT molecular complexity index is 1640. The maximum atomic E-state index is 15.5. The number of ether oxygens (including phenoxy) is 1. The van der Waals surface area contributed by atoms with Gasteiger partial charge in [0.2, 0.25) is 0 Å². The van der Waals surface area contributed by atoms with Crippen LogP contribution in [0.3, 0.4) is 0 Å². The second kappa shape index (κ2) is 9.93. The summed E-state index contributed by atoms with van der Waals surface area (Å²) in [5, 5.41) is 1.10. The smallest absolute Gasteiger partial charge is 0.267 e. The lowest BCUT2D eigenvalue weighted by atomic mass is 9.79. The standard InChI is InChI=1S/C31H29ClF2N2O3S/c1-30(2,3)17-11-16(12-18(13-17)31(4,5)6)27-29(38)36(27)28(37)25-20(33)8-9-22(26(25)34)39-15-24-35-21-14-19(32)7-10-23(21)40-24/h7-14,27H,15H2,1-6H3/t27-,36?/m0/s1. The third-order valence-corrected chi connectivity index (χ3v) is 8.14. The number of amides is 2. The van der Waals surface area contributed by atoms with Crippen molar-refractivity contribution >= 4 is 45.0 Å². The molecule has 1 fully saturated rings. The van der Waals surface area contributed by atoms with Gasteiger partial charge in [0.15, 0.2) is 11.6 Å². The average Bonchev–Trinajstić information content (AvgIpc) is 3.37. The number of halogens is 3. The van der Waals surface area contributed by atoms with Gasteiger partial charge in [-0.25, -0.2) is 13.8 Å². The lowest BCUT2D eigenvalue weighted by Crippen LogP contribution is -2.19. The quantitative estimate of drug-likeness (QED) is 0.176. The summed E-state index contributed by atoms with van der Waals surface area (Å²) in [7, 11) is 0. The third kappa shape index (κ3) is 5.34. The highest BCUT2D eigenvalue weighted by Crippen LogP contribution is 2.42. The predicted molar refractivity (Wildman–Crippen MR) is 153 cm³/mol. The minimum atomic E-state index is -1.16. The number of hydrogen-bond acceptors (Lipinski definition) is 5. The van der Waals surface area contributed by atoms with Gasteiger partial charge in [0.25, 0.3) is 11.8 Å². The van der Waals surface area contributed by atoms with Crippen LogP contribution in [-0.2, 0) is 22.2 Å². The highest BCUT2D eigenvalue weighted by atomic mass is 35.5. The van der Waals surface area contributed by atoms with Crippen LogP contribution in [0.4, 0.5) is 8.78 Å². The largest absolute Gasteiger partial charge is 0.483 e. The molecule has 4 aromatic rings. The fourth-order valence-corrected chi connectivity index (χ4v) is 5.50. The molecule has 0 aliphatic carbocycles. The van der Waals surface area contributed by atoms with Crippen molar-refractivity contribution in [3.63, 3.8) is 0 Å². The Labute approximate surface area is 240 Å². The molecule has 2 amide bonds. The van der Waals surface area contributed by atoms with Gasteiger partial charge in [-0.2, -0.15) is 0 Å². The Morgan fingerprint density at radius 1 is 1.00 bits per heavy atom. The van der Waals surface area contributed by atoms with E-state index in [1.54, 1.807) is 12.1 Å². The molecular weight excluding hydrogens is 554 g/mol. The van der Waals surface area contributed by atoms with Crippen LogP contribution in [0.5, 0.6) is 5.75 Å². The van der Waals surface area contributed by atoms with Crippen molar-refractivity contribution in [3.8, 4) is 5.75 Å². The molecule has 9 heteroatoms. The Balaban J connectivity index is 1.41. The number of thiazole rings is 1. The normalized spacial score (nSPS) is 15.6. The average molecular weight is 583 g/mol. The van der Waals surface area contributed by atoms with Gasteiger partial charge in [-0.15, -0.1) is 11.3 Å². The molecule has 1 aliphatic rings. The maximum absolute atomic E-state index is 15.5. The van der Waals surface area contributed by atoms with Gasteiger partial charge < -0.3 is 4.74 Å². The summed E-state index contributed by atoms with van der Waals surface area (Å²) in [6, 6.07) is 12.3. The van der Waals surface area contributed by atoms with Crippen LogP contribution >= 0.6 is 22.9 Å². The van der Waals surface area contributed by atoms with Crippen LogP contribution in [0.1, 0.15) is 79.6 Å². The Hall–Kier alpha value is -3.36. The molecule has 0 N–H and O–H groups in total. The predicted octanol–water partition coefficient (Wildman–Crippen LogP) is 8.13. The Morgan fingerprint density at radius 3 is 2.27 bits per heavy atom. The number of carbonyl (C=O) groups excluding carboxylic acids is 2. The van der Waals surface area contributed by atoms with Gasteiger partial charge in [0, 0.05) is 5.02 Å². The van der Waals surface area contributed by atoms with E-state index in [4.69, 9.17) is 16.3 Å². The first-order valence-corrected chi connectivity index (χ1v) is 14.0. The lowest BCUT2D eigenvalue weighted by Gasteiger charge is -2.26. The highest BCUT2D eigenvalue weighted by molar-refractivity contribution is 7.18. The van der Waals surface area contributed by atoms with Gasteiger partial charge >= 0.3 is 0 Å². The number of rotatable bonds is 5. The van der Waals surface area contributed by atoms with Gasteiger partial charge in [-0.05, 0) is 57.9 Å². The SMILES string of the molecule is CC(C)(C)c1cc([C@H]2C(=O)N2C(=O)c2c(F)ccc(OCc3nc4cc(Cl)ccc4s3)c2F)cc(C(C)(C)C)c1. The van der Waals surface area contributed by atoms with Crippen LogP contribution < -0.4 is 4.74 Å². The van der Waals surface area contributed by atoms with Crippen molar-refractivity contribution in [1.82, 2.24) is 9.88 Å². The molecule has 5 nitrogen and oxygen atoms in total. The molecule has 1 saturated heterocycles. The summed E-state index contributed by atoms with van der Waals surface area (Å²) in [6.45, 7) is 12.3. The van der Waals surface area contributed by atoms with Crippen molar-refractivity contribution < 1.29 is 23.1 Å². The van der Waals surface area contributed by atoms with E-state index in [9.17, 15) is 14.0 Å². The van der Waals surface area contributed by atoms with Crippen molar-refractivity contribution in [3.05, 3.63) is 92.4 Å². The van der Waals surface area contributed by atoms with Crippen molar-refractivity contribution in [2.45, 2.75) is 65.0 Å². The number of benzene rings is 3. The van der Waals surface area contributed by atoms with E-state index in [-0.39, 0.29) is 23.2 Å². The molecule has 3 aromatic carbocycles. The van der Waals surface area contributed by atoms with Crippen LogP contribution in [-0.4, -0.2) is 21.7 Å². The number of hydrogen-bond donors (Lipinski definition) is 0. The highest BCUT2D eigenvalue weighted by Gasteiger charge is 2.53. The van der Waals surface area contributed by atoms with Crippen molar-refractivity contribution in [2.24, 2.45) is 0 Å². The van der Waals surface area contributed by atoms with E-state index in [2.05, 4.69) is 52.6 Å². The number of imide groups is 1. The lowest BCUT2D eigenvalue weighted by molar-refractivity contribution is -0.113. The molecule has 0 radical (unpaired) electrons. The molecule has 40 heavy (non-hydrogen) atoms. The van der Waals surface area contributed by atoms with Crippen molar-refractivity contribution in [1.29, 1.82) is 0 Å². The molecule has 0 bridgehead atoms. The van der Waals surface area contributed by atoms with Crippen molar-refractivity contribution in [2.75, 3.05) is 0 Å². The zero-order valence-corrected chi connectivity index (χ0v) is 24.6.